The van der Waals surface area contributed by atoms with Crippen LogP contribution in [0.5, 0.6) is 0 Å². The van der Waals surface area contributed by atoms with Crippen molar-refractivity contribution in [2.45, 2.75) is 17.6 Å². The quantitative estimate of drug-likeness (QED) is 0.592. The van der Waals surface area contributed by atoms with Crippen LogP contribution in [0, 0.1) is 11.3 Å². The van der Waals surface area contributed by atoms with Gasteiger partial charge in [-0.25, -0.2) is 17.8 Å². The number of aromatic nitrogens is 2. The van der Waals surface area contributed by atoms with Crippen LogP contribution in [0.25, 0.3) is 5.69 Å². The van der Waals surface area contributed by atoms with E-state index in [4.69, 9.17) is 5.26 Å². The molecule has 0 amide bonds. The van der Waals surface area contributed by atoms with Crippen LogP contribution in [0.15, 0.2) is 64.2 Å². The molecular weight excluding hydrogens is 473 g/mol. The second-order valence-corrected chi connectivity index (χ2v) is 8.59. The molecule has 1 N–H and O–H groups in total. The first kappa shape index (κ1) is 21.0. The van der Waals surface area contributed by atoms with E-state index in [1.165, 1.54) is 12.3 Å². The maximum atomic E-state index is 12.9. The molecule has 0 saturated heterocycles. The lowest BCUT2D eigenvalue weighted by molar-refractivity contribution is -0.137. The summed E-state index contributed by atoms with van der Waals surface area (Å²) in [6.07, 6.45) is -1.65. The third kappa shape index (κ3) is 4.84. The number of nitrogens with zero attached hydrogens (tertiary/aromatic N) is 3. The highest BCUT2D eigenvalue weighted by Crippen LogP contribution is 2.32. The highest BCUT2D eigenvalue weighted by atomic mass is 79.9. The van der Waals surface area contributed by atoms with Crippen LogP contribution in [0.4, 0.5) is 13.2 Å². The second kappa shape index (κ2) is 7.98. The lowest BCUT2D eigenvalue weighted by Gasteiger charge is -2.11. The van der Waals surface area contributed by atoms with Gasteiger partial charge in [0.1, 0.15) is 0 Å². The van der Waals surface area contributed by atoms with Crippen LogP contribution < -0.4 is 4.72 Å². The normalized spacial score (nSPS) is 12.0. The highest BCUT2D eigenvalue weighted by Gasteiger charge is 2.34. The van der Waals surface area contributed by atoms with E-state index in [0.29, 0.717) is 17.7 Å². The molecule has 11 heteroatoms. The number of nitrogens with one attached hydrogen (secondary N) is 1. The molecule has 0 aliphatic carbocycles. The molecule has 0 unspecified atom stereocenters. The standard InChI is InChI=1S/C18H12BrF3N4O2S/c19-14-1-3-15(4-2-14)26-11-12(9-24-26)10-25-29(27,28)16-5-6-17(18(20,21)22)13(7-16)8-23/h1-7,9,11,25H,10H2. The molecule has 1 heterocycles. The third-order valence-corrected chi connectivity index (χ3v) is 5.85. The van der Waals surface area contributed by atoms with Crippen molar-refractivity contribution >= 4 is 26.0 Å². The Labute approximate surface area is 172 Å². The van der Waals surface area contributed by atoms with E-state index in [2.05, 4.69) is 25.8 Å². The number of nitriles is 1. The van der Waals surface area contributed by atoms with Crippen molar-refractivity contribution in [2.24, 2.45) is 0 Å². The molecule has 0 aliphatic heterocycles. The number of rotatable bonds is 5. The van der Waals surface area contributed by atoms with Gasteiger partial charge in [0, 0.05) is 22.8 Å². The maximum absolute atomic E-state index is 12.9. The number of halogens is 4. The Morgan fingerprint density at radius 3 is 2.48 bits per heavy atom. The monoisotopic (exact) mass is 484 g/mol. The summed E-state index contributed by atoms with van der Waals surface area (Å²) in [6, 6.07) is 10.8. The molecule has 0 radical (unpaired) electrons. The predicted octanol–water partition coefficient (Wildman–Crippen LogP) is 4.00. The molecule has 0 spiro atoms. The van der Waals surface area contributed by atoms with E-state index in [9.17, 15) is 21.6 Å². The van der Waals surface area contributed by atoms with Gasteiger partial charge >= 0.3 is 6.18 Å². The summed E-state index contributed by atoms with van der Waals surface area (Å²) in [7, 11) is -4.13. The number of hydrogen-bond acceptors (Lipinski definition) is 4. The molecule has 6 nitrogen and oxygen atoms in total. The maximum Gasteiger partial charge on any atom is 0.417 e. The molecule has 0 fully saturated rings. The lowest BCUT2D eigenvalue weighted by Crippen LogP contribution is -2.23. The van der Waals surface area contributed by atoms with Gasteiger partial charge in [-0.1, -0.05) is 15.9 Å². The summed E-state index contributed by atoms with van der Waals surface area (Å²) < 4.78 is 68.2. The Balaban J connectivity index is 1.77. The lowest BCUT2D eigenvalue weighted by atomic mass is 10.1. The average Bonchev–Trinajstić information content (AvgIpc) is 3.15. The molecule has 0 atom stereocenters. The summed E-state index contributed by atoms with van der Waals surface area (Å²) in [5.74, 6) is 0. The molecule has 0 saturated carbocycles. The van der Waals surface area contributed by atoms with Gasteiger partial charge in [-0.05, 0) is 42.5 Å². The molecule has 3 aromatic rings. The minimum Gasteiger partial charge on any atom is -0.241 e. The average molecular weight is 485 g/mol. The topological polar surface area (TPSA) is 87.8 Å². The molecule has 3 rings (SSSR count). The Bertz CT molecular complexity index is 1180. The fourth-order valence-corrected chi connectivity index (χ4v) is 3.79. The first-order valence-electron chi connectivity index (χ1n) is 8.00. The third-order valence-electron chi connectivity index (χ3n) is 3.92. The Hall–Kier alpha value is -2.68. The Morgan fingerprint density at radius 1 is 1.17 bits per heavy atom. The number of hydrogen-bond donors (Lipinski definition) is 1. The van der Waals surface area contributed by atoms with Crippen molar-refractivity contribution < 1.29 is 21.6 Å². The summed E-state index contributed by atoms with van der Waals surface area (Å²) in [4.78, 5) is -0.428. The van der Waals surface area contributed by atoms with E-state index in [-0.39, 0.29) is 6.54 Å². The highest BCUT2D eigenvalue weighted by molar-refractivity contribution is 9.10. The zero-order chi connectivity index (χ0) is 21.2. The van der Waals surface area contributed by atoms with Crippen LogP contribution >= 0.6 is 15.9 Å². The zero-order valence-electron chi connectivity index (χ0n) is 14.5. The van der Waals surface area contributed by atoms with Gasteiger partial charge in [0.2, 0.25) is 10.0 Å². The van der Waals surface area contributed by atoms with Crippen molar-refractivity contribution in [3.05, 3.63) is 76.0 Å². The molecule has 1 aromatic heterocycles. The first-order chi connectivity index (χ1) is 13.6. The fraction of sp³-hybridized carbons (Fsp3) is 0.111. The Morgan fingerprint density at radius 2 is 1.86 bits per heavy atom. The van der Waals surface area contributed by atoms with E-state index in [0.717, 1.165) is 16.2 Å². The van der Waals surface area contributed by atoms with Crippen molar-refractivity contribution in [3.8, 4) is 11.8 Å². The molecule has 0 bridgehead atoms. The van der Waals surface area contributed by atoms with Crippen molar-refractivity contribution in [1.82, 2.24) is 14.5 Å². The SMILES string of the molecule is N#Cc1cc(S(=O)(=O)NCc2cnn(-c3ccc(Br)cc3)c2)ccc1C(F)(F)F. The van der Waals surface area contributed by atoms with Gasteiger partial charge in [-0.2, -0.15) is 23.5 Å². The molecule has 0 aliphatic rings. The van der Waals surface area contributed by atoms with Crippen molar-refractivity contribution in [1.29, 1.82) is 5.26 Å². The number of sulfonamides is 1. The summed E-state index contributed by atoms with van der Waals surface area (Å²) >= 11 is 3.33. The zero-order valence-corrected chi connectivity index (χ0v) is 16.9. The fourth-order valence-electron chi connectivity index (χ4n) is 2.48. The van der Waals surface area contributed by atoms with Gasteiger partial charge < -0.3 is 0 Å². The summed E-state index contributed by atoms with van der Waals surface area (Å²) in [6.45, 7) is -0.123. The largest absolute Gasteiger partial charge is 0.417 e. The van der Waals surface area contributed by atoms with E-state index in [1.54, 1.807) is 10.9 Å². The van der Waals surface area contributed by atoms with Crippen LogP contribution in [-0.4, -0.2) is 18.2 Å². The Kier molecular flexibility index (Phi) is 5.79. The molecular formula is C18H12BrF3N4O2S. The molecule has 2 aromatic carbocycles. The van der Waals surface area contributed by atoms with Crippen molar-refractivity contribution in [3.63, 3.8) is 0 Å². The van der Waals surface area contributed by atoms with Gasteiger partial charge in [-0.3, -0.25) is 0 Å². The van der Waals surface area contributed by atoms with E-state index >= 15 is 0 Å². The second-order valence-electron chi connectivity index (χ2n) is 5.91. The number of alkyl halides is 3. The van der Waals surface area contributed by atoms with Gasteiger partial charge in [0.25, 0.3) is 0 Å². The number of benzene rings is 2. The van der Waals surface area contributed by atoms with Gasteiger partial charge in [0.05, 0.1) is 34.0 Å². The van der Waals surface area contributed by atoms with Crippen molar-refractivity contribution in [2.75, 3.05) is 0 Å². The summed E-state index contributed by atoms with van der Waals surface area (Å²) in [5.41, 5.74) is -0.634. The van der Waals surface area contributed by atoms with E-state index < -0.39 is 32.2 Å². The van der Waals surface area contributed by atoms with E-state index in [1.807, 2.05) is 24.3 Å². The first-order valence-corrected chi connectivity index (χ1v) is 10.3. The molecule has 29 heavy (non-hydrogen) atoms. The van der Waals surface area contributed by atoms with Gasteiger partial charge in [0.15, 0.2) is 0 Å². The smallest absolute Gasteiger partial charge is 0.241 e. The minimum absolute atomic E-state index is 0.123. The van der Waals surface area contributed by atoms with Crippen LogP contribution in [-0.2, 0) is 22.7 Å². The van der Waals surface area contributed by atoms with Gasteiger partial charge in [-0.15, -0.1) is 0 Å². The minimum atomic E-state index is -4.75. The van der Waals surface area contributed by atoms with Crippen LogP contribution in [0.1, 0.15) is 16.7 Å². The summed E-state index contributed by atoms with van der Waals surface area (Å²) in [5, 5.41) is 13.1. The molecule has 150 valence electrons. The predicted molar refractivity (Wildman–Crippen MR) is 101 cm³/mol. The van der Waals surface area contributed by atoms with Crippen LogP contribution in [0.2, 0.25) is 0 Å². The van der Waals surface area contributed by atoms with Crippen LogP contribution in [0.3, 0.4) is 0 Å².